The Bertz CT molecular complexity index is 1110. The van der Waals surface area contributed by atoms with Gasteiger partial charge in [-0.3, -0.25) is 9.59 Å². The molecule has 148 valence electrons. The molecule has 1 aliphatic rings. The van der Waals surface area contributed by atoms with Gasteiger partial charge in [0.2, 0.25) is 5.91 Å². The number of fused-ring (bicyclic) bond motifs is 1. The van der Waals surface area contributed by atoms with Crippen LogP contribution in [0.15, 0.2) is 48.5 Å². The van der Waals surface area contributed by atoms with Crippen LogP contribution >= 0.6 is 11.6 Å². The Labute approximate surface area is 173 Å². The lowest BCUT2D eigenvalue weighted by molar-refractivity contribution is -0.118. The third kappa shape index (κ3) is 3.40. The van der Waals surface area contributed by atoms with E-state index in [1.54, 1.807) is 22.9 Å². The minimum Gasteiger partial charge on any atom is -0.340 e. The van der Waals surface area contributed by atoms with Crippen molar-refractivity contribution in [1.29, 1.82) is 0 Å². The SMILES string of the molecule is Cc1ccc(C(=O)N[C@H]2C(=O)Nc3c(c(C)nn3-c3ccccc3)C2C)cc1Cl. The predicted octanol–water partition coefficient (Wildman–Crippen LogP) is 4.00. The molecule has 0 fully saturated rings. The Balaban J connectivity index is 1.64. The summed E-state index contributed by atoms with van der Waals surface area (Å²) in [6, 6.07) is 14.0. The fourth-order valence-electron chi connectivity index (χ4n) is 3.70. The van der Waals surface area contributed by atoms with Gasteiger partial charge in [-0.2, -0.15) is 5.10 Å². The van der Waals surface area contributed by atoms with Gasteiger partial charge in [-0.1, -0.05) is 42.8 Å². The maximum absolute atomic E-state index is 12.9. The van der Waals surface area contributed by atoms with Crippen LogP contribution in [0.5, 0.6) is 0 Å². The monoisotopic (exact) mass is 408 g/mol. The number of carbonyl (C=O) groups excluding carboxylic acids is 2. The molecule has 2 N–H and O–H groups in total. The van der Waals surface area contributed by atoms with E-state index >= 15 is 0 Å². The summed E-state index contributed by atoms with van der Waals surface area (Å²) in [7, 11) is 0. The maximum atomic E-state index is 12.9. The van der Waals surface area contributed by atoms with Crippen molar-refractivity contribution in [3.63, 3.8) is 0 Å². The lowest BCUT2D eigenvalue weighted by Crippen LogP contribution is -2.49. The highest BCUT2D eigenvalue weighted by molar-refractivity contribution is 6.31. The molecule has 4 rings (SSSR count). The Morgan fingerprint density at radius 1 is 1.17 bits per heavy atom. The van der Waals surface area contributed by atoms with Crippen molar-refractivity contribution >= 4 is 29.2 Å². The molecule has 0 saturated carbocycles. The molecule has 29 heavy (non-hydrogen) atoms. The van der Waals surface area contributed by atoms with E-state index in [1.807, 2.05) is 51.1 Å². The molecule has 3 aromatic rings. The van der Waals surface area contributed by atoms with Gasteiger partial charge >= 0.3 is 0 Å². The second kappa shape index (κ2) is 7.37. The Kier molecular flexibility index (Phi) is 4.88. The molecule has 0 spiro atoms. The second-order valence-corrected chi connectivity index (χ2v) is 7.70. The van der Waals surface area contributed by atoms with Crippen LogP contribution in [0.4, 0.5) is 5.82 Å². The number of halogens is 1. The quantitative estimate of drug-likeness (QED) is 0.687. The van der Waals surface area contributed by atoms with Gasteiger partial charge in [0.05, 0.1) is 11.4 Å². The van der Waals surface area contributed by atoms with E-state index in [4.69, 9.17) is 11.6 Å². The molecule has 6 nitrogen and oxygen atoms in total. The zero-order valence-corrected chi connectivity index (χ0v) is 17.1. The molecule has 0 bridgehead atoms. The third-order valence-corrected chi connectivity index (χ3v) is 5.71. The van der Waals surface area contributed by atoms with Crippen molar-refractivity contribution in [3.05, 3.63) is 75.9 Å². The summed E-state index contributed by atoms with van der Waals surface area (Å²) in [6.07, 6.45) is 0. The summed E-state index contributed by atoms with van der Waals surface area (Å²) in [5, 5.41) is 10.9. The average molecular weight is 409 g/mol. The summed E-state index contributed by atoms with van der Waals surface area (Å²) < 4.78 is 1.73. The number of para-hydroxylation sites is 1. The Morgan fingerprint density at radius 3 is 2.59 bits per heavy atom. The molecule has 2 atom stereocenters. The third-order valence-electron chi connectivity index (χ3n) is 5.31. The number of amides is 2. The first kappa shape index (κ1) is 19.2. The molecular formula is C22H21ClN4O2. The van der Waals surface area contributed by atoms with Crippen LogP contribution in [0.2, 0.25) is 5.02 Å². The highest BCUT2D eigenvalue weighted by Gasteiger charge is 2.38. The van der Waals surface area contributed by atoms with Crippen LogP contribution in [0.1, 0.15) is 40.0 Å². The Morgan fingerprint density at radius 2 is 1.90 bits per heavy atom. The van der Waals surface area contributed by atoms with Crippen LogP contribution in [-0.2, 0) is 4.79 Å². The molecule has 2 heterocycles. The fraction of sp³-hybridized carbons (Fsp3) is 0.227. The molecule has 2 aromatic carbocycles. The van der Waals surface area contributed by atoms with E-state index in [1.165, 1.54) is 0 Å². The predicted molar refractivity (Wildman–Crippen MR) is 113 cm³/mol. The maximum Gasteiger partial charge on any atom is 0.252 e. The van der Waals surface area contributed by atoms with E-state index in [0.717, 1.165) is 22.5 Å². The van der Waals surface area contributed by atoms with E-state index in [0.29, 0.717) is 16.4 Å². The number of aromatic nitrogens is 2. The van der Waals surface area contributed by atoms with Crippen molar-refractivity contribution in [1.82, 2.24) is 15.1 Å². The van der Waals surface area contributed by atoms with E-state index in [9.17, 15) is 9.59 Å². The van der Waals surface area contributed by atoms with Crippen LogP contribution in [0, 0.1) is 13.8 Å². The van der Waals surface area contributed by atoms with Gasteiger partial charge < -0.3 is 10.6 Å². The summed E-state index contributed by atoms with van der Waals surface area (Å²) in [5.41, 5.74) is 3.90. The summed E-state index contributed by atoms with van der Waals surface area (Å²) in [6.45, 7) is 5.70. The normalized spacial score (nSPS) is 18.1. The first-order chi connectivity index (χ1) is 13.9. The van der Waals surface area contributed by atoms with Crippen molar-refractivity contribution in [3.8, 4) is 5.69 Å². The number of aryl methyl sites for hydroxylation is 2. The lowest BCUT2D eigenvalue weighted by atomic mass is 9.89. The smallest absolute Gasteiger partial charge is 0.252 e. The number of rotatable bonds is 3. The number of hydrogen-bond donors (Lipinski definition) is 2. The zero-order chi connectivity index (χ0) is 20.7. The number of anilines is 1. The standard InChI is InChI=1S/C22H21ClN4O2/c1-12-9-10-15(11-17(12)23)21(28)24-19-13(2)18-14(3)26-27(20(18)25-22(19)29)16-7-5-4-6-8-16/h4-11,13,19H,1-3H3,(H,24,28)(H,25,29)/t13?,19-/m1/s1. The van der Waals surface area contributed by atoms with Gasteiger partial charge in [0, 0.05) is 22.1 Å². The van der Waals surface area contributed by atoms with Crippen molar-refractivity contribution in [2.24, 2.45) is 0 Å². The molecule has 1 aliphatic heterocycles. The fourth-order valence-corrected chi connectivity index (χ4v) is 3.88. The van der Waals surface area contributed by atoms with Gasteiger partial charge in [0.15, 0.2) is 0 Å². The van der Waals surface area contributed by atoms with Gasteiger partial charge in [0.25, 0.3) is 5.91 Å². The van der Waals surface area contributed by atoms with Crippen molar-refractivity contribution in [2.45, 2.75) is 32.7 Å². The second-order valence-electron chi connectivity index (χ2n) is 7.29. The lowest BCUT2D eigenvalue weighted by Gasteiger charge is -2.30. The van der Waals surface area contributed by atoms with E-state index < -0.39 is 6.04 Å². The topological polar surface area (TPSA) is 76.0 Å². The van der Waals surface area contributed by atoms with Crippen LogP contribution in [0.3, 0.4) is 0 Å². The number of carbonyl (C=O) groups is 2. The minimum atomic E-state index is -0.706. The summed E-state index contributed by atoms with van der Waals surface area (Å²) in [4.78, 5) is 25.6. The molecule has 0 saturated heterocycles. The molecular weight excluding hydrogens is 388 g/mol. The van der Waals surface area contributed by atoms with Gasteiger partial charge in [0.1, 0.15) is 11.9 Å². The van der Waals surface area contributed by atoms with Crippen LogP contribution < -0.4 is 10.6 Å². The highest BCUT2D eigenvalue weighted by Crippen LogP contribution is 2.36. The first-order valence-electron chi connectivity index (χ1n) is 9.39. The van der Waals surface area contributed by atoms with E-state index in [-0.39, 0.29) is 17.7 Å². The van der Waals surface area contributed by atoms with Crippen LogP contribution in [-0.4, -0.2) is 27.6 Å². The van der Waals surface area contributed by atoms with Crippen LogP contribution in [0.25, 0.3) is 5.69 Å². The van der Waals surface area contributed by atoms with Crippen molar-refractivity contribution in [2.75, 3.05) is 5.32 Å². The zero-order valence-electron chi connectivity index (χ0n) is 16.4. The Hall–Kier alpha value is -3.12. The number of benzene rings is 2. The highest BCUT2D eigenvalue weighted by atomic mass is 35.5. The summed E-state index contributed by atoms with van der Waals surface area (Å²) >= 11 is 6.14. The van der Waals surface area contributed by atoms with E-state index in [2.05, 4.69) is 15.7 Å². The number of nitrogens with one attached hydrogen (secondary N) is 2. The first-order valence-corrected chi connectivity index (χ1v) is 9.77. The molecule has 0 aliphatic carbocycles. The molecule has 0 radical (unpaired) electrons. The average Bonchev–Trinajstić information content (AvgIpc) is 3.04. The molecule has 2 amide bonds. The largest absolute Gasteiger partial charge is 0.340 e. The van der Waals surface area contributed by atoms with Gasteiger partial charge in [-0.05, 0) is 43.7 Å². The van der Waals surface area contributed by atoms with Gasteiger partial charge in [-0.25, -0.2) is 4.68 Å². The molecule has 7 heteroatoms. The van der Waals surface area contributed by atoms with Crippen molar-refractivity contribution < 1.29 is 9.59 Å². The number of nitrogens with zero attached hydrogens (tertiary/aromatic N) is 2. The molecule has 1 unspecified atom stereocenters. The minimum absolute atomic E-state index is 0.235. The van der Waals surface area contributed by atoms with Gasteiger partial charge in [-0.15, -0.1) is 0 Å². The number of hydrogen-bond acceptors (Lipinski definition) is 3. The molecule has 1 aromatic heterocycles. The summed E-state index contributed by atoms with van der Waals surface area (Å²) in [5.74, 6) is -0.194.